The van der Waals surface area contributed by atoms with Crippen LogP contribution in [-0.4, -0.2) is 26.1 Å². The summed E-state index contributed by atoms with van der Waals surface area (Å²) in [5.41, 5.74) is 1.17. The molecule has 0 aliphatic rings. The summed E-state index contributed by atoms with van der Waals surface area (Å²) >= 11 is 6.04. The molecule has 0 aliphatic heterocycles. The second kappa shape index (κ2) is 9.23. The number of hydrogen-bond acceptors (Lipinski definition) is 1. The van der Waals surface area contributed by atoms with Crippen molar-refractivity contribution in [2.75, 3.05) is 20.1 Å². The molecule has 3 nitrogen and oxygen atoms in total. The third-order valence-electron chi connectivity index (χ3n) is 2.94. The second-order valence-electron chi connectivity index (χ2n) is 4.99. The predicted octanol–water partition coefficient (Wildman–Crippen LogP) is 3.59. The Bertz CT molecular complexity index is 458. The van der Waals surface area contributed by atoms with Crippen LogP contribution in [-0.2, 0) is 5.41 Å². The van der Waals surface area contributed by atoms with Crippen LogP contribution in [0.25, 0.3) is 0 Å². The first-order valence-electron chi connectivity index (χ1n) is 6.31. The quantitative estimate of drug-likeness (QED) is 0.339. The van der Waals surface area contributed by atoms with Gasteiger partial charge in [-0.15, -0.1) is 30.6 Å². The lowest BCUT2D eigenvalue weighted by Gasteiger charge is -2.27. The van der Waals surface area contributed by atoms with Crippen molar-refractivity contribution in [1.29, 1.82) is 0 Å². The zero-order chi connectivity index (χ0) is 14.3. The Kier molecular flexibility index (Phi) is 8.89. The van der Waals surface area contributed by atoms with Gasteiger partial charge in [-0.3, -0.25) is 4.99 Å². The molecule has 0 saturated carbocycles. The van der Waals surface area contributed by atoms with E-state index in [1.54, 1.807) is 13.1 Å². The van der Waals surface area contributed by atoms with Crippen molar-refractivity contribution >= 4 is 41.5 Å². The summed E-state index contributed by atoms with van der Waals surface area (Å²) in [5.74, 6) is 0.773. The fourth-order valence-electron chi connectivity index (χ4n) is 1.71. The SMILES string of the molecule is C=CCNC(=NC)NCC(C)(C)c1cccc(Cl)c1.I. The molecule has 0 heterocycles. The van der Waals surface area contributed by atoms with Gasteiger partial charge in [0.2, 0.25) is 0 Å². The van der Waals surface area contributed by atoms with Crippen molar-refractivity contribution < 1.29 is 0 Å². The number of rotatable bonds is 5. The normalized spacial score (nSPS) is 11.5. The standard InChI is InChI=1S/C15H22ClN3.HI/c1-5-9-18-14(17-4)19-11-15(2,3)12-7-6-8-13(16)10-12;/h5-8,10H,1,9,11H2,2-4H3,(H2,17,18,19);1H. The van der Waals surface area contributed by atoms with E-state index in [1.807, 2.05) is 18.2 Å². The molecule has 0 unspecified atom stereocenters. The molecule has 0 spiro atoms. The molecular formula is C15H23ClIN3. The Labute approximate surface area is 143 Å². The summed E-state index contributed by atoms with van der Waals surface area (Å²) in [4.78, 5) is 4.16. The van der Waals surface area contributed by atoms with Gasteiger partial charge in [0.05, 0.1) is 0 Å². The Morgan fingerprint density at radius 1 is 1.40 bits per heavy atom. The highest BCUT2D eigenvalue weighted by atomic mass is 127. The third kappa shape index (κ3) is 6.13. The molecule has 5 heteroatoms. The first-order valence-corrected chi connectivity index (χ1v) is 6.69. The molecule has 0 bridgehead atoms. The summed E-state index contributed by atoms with van der Waals surface area (Å²) in [6, 6.07) is 7.96. The predicted molar refractivity (Wildman–Crippen MR) is 99.5 cm³/mol. The monoisotopic (exact) mass is 407 g/mol. The molecule has 0 aliphatic carbocycles. The van der Waals surface area contributed by atoms with Crippen LogP contribution in [0, 0.1) is 0 Å². The average Bonchev–Trinajstić information content (AvgIpc) is 2.39. The van der Waals surface area contributed by atoms with Crippen LogP contribution in [0.4, 0.5) is 0 Å². The zero-order valence-electron chi connectivity index (χ0n) is 12.2. The summed E-state index contributed by atoms with van der Waals surface area (Å²) in [5, 5.41) is 7.22. The molecule has 0 saturated heterocycles. The van der Waals surface area contributed by atoms with Gasteiger partial charge in [0.15, 0.2) is 5.96 Å². The molecular weight excluding hydrogens is 385 g/mol. The minimum absolute atomic E-state index is 0. The first kappa shape index (κ1) is 19.2. The first-order chi connectivity index (χ1) is 8.99. The van der Waals surface area contributed by atoms with E-state index in [2.05, 4.69) is 42.1 Å². The lowest BCUT2D eigenvalue weighted by molar-refractivity contribution is 0.509. The van der Waals surface area contributed by atoms with Crippen molar-refractivity contribution in [3.8, 4) is 0 Å². The van der Waals surface area contributed by atoms with E-state index in [0.717, 1.165) is 17.5 Å². The number of hydrogen-bond donors (Lipinski definition) is 2. The van der Waals surface area contributed by atoms with Crippen LogP contribution >= 0.6 is 35.6 Å². The molecule has 0 aromatic heterocycles. The smallest absolute Gasteiger partial charge is 0.191 e. The van der Waals surface area contributed by atoms with Crippen LogP contribution in [0.5, 0.6) is 0 Å². The van der Waals surface area contributed by atoms with Crippen molar-refractivity contribution in [2.45, 2.75) is 19.3 Å². The summed E-state index contributed by atoms with van der Waals surface area (Å²) < 4.78 is 0. The van der Waals surface area contributed by atoms with Crippen LogP contribution in [0.3, 0.4) is 0 Å². The minimum atomic E-state index is -0.0311. The highest BCUT2D eigenvalue weighted by Gasteiger charge is 2.21. The van der Waals surface area contributed by atoms with E-state index >= 15 is 0 Å². The molecule has 1 rings (SSSR count). The second-order valence-corrected chi connectivity index (χ2v) is 5.43. The summed E-state index contributed by atoms with van der Waals surface area (Å²) in [6.07, 6.45) is 1.80. The molecule has 2 N–H and O–H groups in total. The number of nitrogens with zero attached hydrogens (tertiary/aromatic N) is 1. The number of benzene rings is 1. The lowest BCUT2D eigenvalue weighted by atomic mass is 9.84. The van der Waals surface area contributed by atoms with E-state index in [9.17, 15) is 0 Å². The zero-order valence-corrected chi connectivity index (χ0v) is 15.3. The Hall–Kier alpha value is -0.750. The van der Waals surface area contributed by atoms with Gasteiger partial charge in [-0.1, -0.05) is 43.7 Å². The number of halogens is 2. The van der Waals surface area contributed by atoms with Crippen molar-refractivity contribution in [1.82, 2.24) is 10.6 Å². The van der Waals surface area contributed by atoms with E-state index in [4.69, 9.17) is 11.6 Å². The van der Waals surface area contributed by atoms with Gasteiger partial charge in [0.1, 0.15) is 0 Å². The van der Waals surface area contributed by atoms with Crippen LogP contribution in [0.2, 0.25) is 5.02 Å². The third-order valence-corrected chi connectivity index (χ3v) is 3.18. The molecule has 20 heavy (non-hydrogen) atoms. The van der Waals surface area contributed by atoms with Gasteiger partial charge < -0.3 is 10.6 Å². The molecule has 1 aromatic rings. The van der Waals surface area contributed by atoms with Crippen LogP contribution < -0.4 is 10.6 Å². The van der Waals surface area contributed by atoms with Crippen molar-refractivity contribution in [3.63, 3.8) is 0 Å². The Morgan fingerprint density at radius 3 is 2.65 bits per heavy atom. The number of aliphatic imine (C=N–C) groups is 1. The van der Waals surface area contributed by atoms with Crippen LogP contribution in [0.1, 0.15) is 19.4 Å². The Balaban J connectivity index is 0.00000361. The van der Waals surface area contributed by atoms with Gasteiger partial charge in [-0.2, -0.15) is 0 Å². The highest BCUT2D eigenvalue weighted by Crippen LogP contribution is 2.24. The Morgan fingerprint density at radius 2 is 2.10 bits per heavy atom. The van der Waals surface area contributed by atoms with Gasteiger partial charge in [0.25, 0.3) is 0 Å². The fraction of sp³-hybridized carbons (Fsp3) is 0.400. The largest absolute Gasteiger partial charge is 0.356 e. The van der Waals surface area contributed by atoms with Crippen molar-refractivity contribution in [3.05, 3.63) is 47.5 Å². The molecule has 112 valence electrons. The summed E-state index contributed by atoms with van der Waals surface area (Å²) in [7, 11) is 1.75. The highest BCUT2D eigenvalue weighted by molar-refractivity contribution is 14.0. The van der Waals surface area contributed by atoms with E-state index in [0.29, 0.717) is 6.54 Å². The molecule has 0 amide bonds. The number of nitrogens with one attached hydrogen (secondary N) is 2. The maximum atomic E-state index is 6.04. The maximum Gasteiger partial charge on any atom is 0.191 e. The minimum Gasteiger partial charge on any atom is -0.356 e. The average molecular weight is 408 g/mol. The van der Waals surface area contributed by atoms with Crippen LogP contribution in [0.15, 0.2) is 41.9 Å². The summed E-state index contributed by atoms with van der Waals surface area (Å²) in [6.45, 7) is 9.48. The molecule has 0 atom stereocenters. The van der Waals surface area contributed by atoms with Gasteiger partial charge in [0, 0.05) is 30.6 Å². The van der Waals surface area contributed by atoms with E-state index in [1.165, 1.54) is 5.56 Å². The molecule has 0 radical (unpaired) electrons. The lowest BCUT2D eigenvalue weighted by Crippen LogP contribution is -2.43. The van der Waals surface area contributed by atoms with Crippen molar-refractivity contribution in [2.24, 2.45) is 4.99 Å². The van der Waals surface area contributed by atoms with E-state index in [-0.39, 0.29) is 29.4 Å². The molecule has 0 fully saturated rings. The van der Waals surface area contributed by atoms with Gasteiger partial charge >= 0.3 is 0 Å². The fourth-order valence-corrected chi connectivity index (χ4v) is 1.90. The van der Waals surface area contributed by atoms with Gasteiger partial charge in [-0.05, 0) is 17.7 Å². The van der Waals surface area contributed by atoms with Gasteiger partial charge in [-0.25, -0.2) is 0 Å². The topological polar surface area (TPSA) is 36.4 Å². The maximum absolute atomic E-state index is 6.04. The van der Waals surface area contributed by atoms with E-state index < -0.39 is 0 Å². The number of guanidine groups is 1. The molecule has 1 aromatic carbocycles.